The van der Waals surface area contributed by atoms with Crippen LogP contribution in [0, 0.1) is 0 Å². The lowest BCUT2D eigenvalue weighted by Gasteiger charge is -2.01. The number of nitrogens with one attached hydrogen (secondary N) is 1. The van der Waals surface area contributed by atoms with Gasteiger partial charge in [0.1, 0.15) is 5.00 Å². The van der Waals surface area contributed by atoms with E-state index in [4.69, 9.17) is 5.73 Å². The van der Waals surface area contributed by atoms with Crippen LogP contribution in [0.3, 0.4) is 0 Å². The smallest absolute Gasteiger partial charge is 0.189 e. The van der Waals surface area contributed by atoms with Gasteiger partial charge in [-0.3, -0.25) is 0 Å². The summed E-state index contributed by atoms with van der Waals surface area (Å²) in [5.74, 6) is 0. The van der Waals surface area contributed by atoms with Crippen molar-refractivity contribution in [3.63, 3.8) is 0 Å². The molecule has 2 aromatic rings. The molecule has 1 aromatic heterocycles. The molecule has 3 nitrogen and oxygen atoms in total. The van der Waals surface area contributed by atoms with Crippen molar-refractivity contribution in [2.24, 2.45) is 0 Å². The number of benzene rings is 1. The van der Waals surface area contributed by atoms with Crippen LogP contribution < -0.4 is 11.1 Å². The lowest BCUT2D eigenvalue weighted by Crippen LogP contribution is -1.87. The first kappa shape index (κ1) is 9.48. The van der Waals surface area contributed by atoms with Crippen molar-refractivity contribution in [2.75, 3.05) is 11.1 Å². The third-order valence-corrected chi connectivity index (χ3v) is 2.89. The van der Waals surface area contributed by atoms with Crippen LogP contribution in [0.15, 0.2) is 34.9 Å². The van der Waals surface area contributed by atoms with Gasteiger partial charge in [-0.25, -0.2) is 4.98 Å². The molecule has 2 rings (SSSR count). The molecule has 0 radical (unpaired) electrons. The van der Waals surface area contributed by atoms with Gasteiger partial charge in [0.15, 0.2) is 5.13 Å². The van der Waals surface area contributed by atoms with Gasteiger partial charge < -0.3 is 11.1 Å². The zero-order chi connectivity index (χ0) is 9.97. The summed E-state index contributed by atoms with van der Waals surface area (Å²) in [7, 11) is 0. The number of nitrogens with zero attached hydrogens (tertiary/aromatic N) is 1. The fraction of sp³-hybridized carbons (Fsp3) is 0. The molecular weight excluding hydrogens is 262 g/mol. The van der Waals surface area contributed by atoms with E-state index in [9.17, 15) is 0 Å². The summed E-state index contributed by atoms with van der Waals surface area (Å²) in [6.07, 6.45) is 1.64. The third kappa shape index (κ3) is 2.24. The quantitative estimate of drug-likeness (QED) is 0.880. The topological polar surface area (TPSA) is 50.9 Å². The summed E-state index contributed by atoms with van der Waals surface area (Å²) in [4.78, 5) is 4.10. The van der Waals surface area contributed by atoms with Crippen LogP contribution in [0.2, 0.25) is 0 Å². The van der Waals surface area contributed by atoms with Crippen molar-refractivity contribution in [3.8, 4) is 0 Å². The van der Waals surface area contributed by atoms with E-state index in [2.05, 4.69) is 26.2 Å². The highest BCUT2D eigenvalue weighted by Gasteiger charge is 1.98. The minimum atomic E-state index is 0.713. The minimum Gasteiger partial charge on any atom is -0.389 e. The number of nitrogens with two attached hydrogens (primary N) is 1. The van der Waals surface area contributed by atoms with Crippen LogP contribution in [-0.2, 0) is 0 Å². The molecule has 3 N–H and O–H groups in total. The summed E-state index contributed by atoms with van der Waals surface area (Å²) in [6.45, 7) is 0. The molecule has 0 fully saturated rings. The van der Waals surface area contributed by atoms with Crippen LogP contribution in [0.25, 0.3) is 0 Å². The molecule has 0 atom stereocenters. The van der Waals surface area contributed by atoms with Crippen molar-refractivity contribution in [3.05, 3.63) is 34.9 Å². The number of hydrogen-bond acceptors (Lipinski definition) is 4. The van der Waals surface area contributed by atoms with Gasteiger partial charge in [-0.15, -0.1) is 0 Å². The predicted molar refractivity (Wildman–Crippen MR) is 64.0 cm³/mol. The Hall–Kier alpha value is -1.07. The van der Waals surface area contributed by atoms with E-state index in [1.54, 1.807) is 6.20 Å². The fourth-order valence-corrected chi connectivity index (χ4v) is 1.87. The second kappa shape index (κ2) is 3.98. The monoisotopic (exact) mass is 269 g/mol. The third-order valence-electron chi connectivity index (χ3n) is 1.62. The molecule has 5 heteroatoms. The number of rotatable bonds is 2. The molecule has 0 spiro atoms. The van der Waals surface area contributed by atoms with Gasteiger partial charge in [0, 0.05) is 10.2 Å². The first-order chi connectivity index (χ1) is 6.74. The van der Waals surface area contributed by atoms with Crippen LogP contribution in [0.4, 0.5) is 15.8 Å². The average molecular weight is 270 g/mol. The summed E-state index contributed by atoms with van der Waals surface area (Å²) in [6, 6.07) is 7.89. The zero-order valence-electron chi connectivity index (χ0n) is 7.20. The Morgan fingerprint density at radius 1 is 1.29 bits per heavy atom. The van der Waals surface area contributed by atoms with Gasteiger partial charge in [0.25, 0.3) is 0 Å². The number of nitrogen functional groups attached to an aromatic ring is 1. The lowest BCUT2D eigenvalue weighted by atomic mass is 10.3. The van der Waals surface area contributed by atoms with Crippen LogP contribution in [0.5, 0.6) is 0 Å². The molecule has 0 saturated heterocycles. The number of anilines is 3. The number of thiazole rings is 1. The summed E-state index contributed by atoms with van der Waals surface area (Å²) < 4.78 is 1.06. The van der Waals surface area contributed by atoms with Crippen LogP contribution in [-0.4, -0.2) is 4.98 Å². The largest absolute Gasteiger partial charge is 0.389 e. The molecule has 0 unspecified atom stereocenters. The molecule has 1 aromatic carbocycles. The van der Waals surface area contributed by atoms with E-state index in [0.717, 1.165) is 15.3 Å². The SMILES string of the molecule is Nc1cnc(Nc2ccc(Br)cc2)s1. The van der Waals surface area contributed by atoms with E-state index >= 15 is 0 Å². The maximum Gasteiger partial charge on any atom is 0.189 e. The van der Waals surface area contributed by atoms with E-state index in [1.165, 1.54) is 11.3 Å². The minimum absolute atomic E-state index is 0.713. The first-order valence-electron chi connectivity index (χ1n) is 3.98. The molecule has 0 amide bonds. The van der Waals surface area contributed by atoms with Crippen molar-refractivity contribution in [1.82, 2.24) is 4.98 Å². The van der Waals surface area contributed by atoms with E-state index in [1.807, 2.05) is 24.3 Å². The van der Waals surface area contributed by atoms with Gasteiger partial charge >= 0.3 is 0 Å². The van der Waals surface area contributed by atoms with E-state index in [0.29, 0.717) is 5.00 Å². The first-order valence-corrected chi connectivity index (χ1v) is 5.59. The van der Waals surface area contributed by atoms with E-state index in [-0.39, 0.29) is 0 Å². The lowest BCUT2D eigenvalue weighted by molar-refractivity contribution is 1.39. The van der Waals surface area contributed by atoms with Crippen LogP contribution in [0.1, 0.15) is 0 Å². The molecule has 0 bridgehead atoms. The predicted octanol–water partition coefficient (Wildman–Crippen LogP) is 3.23. The molecule has 0 aliphatic carbocycles. The molecule has 72 valence electrons. The summed E-state index contributed by atoms with van der Waals surface area (Å²) >= 11 is 4.80. The Kier molecular flexibility index (Phi) is 2.69. The highest BCUT2D eigenvalue weighted by atomic mass is 79.9. The standard InChI is InChI=1S/C9H8BrN3S/c10-6-1-3-7(4-2-6)13-9-12-5-8(11)14-9/h1-5H,11H2,(H,12,13). The number of hydrogen-bond donors (Lipinski definition) is 2. The maximum absolute atomic E-state index is 5.56. The normalized spacial score (nSPS) is 10.1. The van der Waals surface area contributed by atoms with Crippen molar-refractivity contribution >= 4 is 43.1 Å². The van der Waals surface area contributed by atoms with Gasteiger partial charge in [0.2, 0.25) is 0 Å². The van der Waals surface area contributed by atoms with E-state index < -0.39 is 0 Å². The van der Waals surface area contributed by atoms with Gasteiger partial charge in [-0.2, -0.15) is 0 Å². The highest BCUT2D eigenvalue weighted by Crippen LogP contribution is 2.24. The molecule has 0 saturated carbocycles. The average Bonchev–Trinajstić information content (AvgIpc) is 2.56. The Balaban J connectivity index is 2.15. The van der Waals surface area contributed by atoms with Crippen molar-refractivity contribution < 1.29 is 0 Å². The number of halogens is 1. The number of aromatic nitrogens is 1. The van der Waals surface area contributed by atoms with Crippen molar-refractivity contribution in [1.29, 1.82) is 0 Å². The second-order valence-corrected chi connectivity index (χ2v) is 4.68. The molecule has 1 heterocycles. The van der Waals surface area contributed by atoms with Gasteiger partial charge in [0.05, 0.1) is 6.20 Å². The zero-order valence-corrected chi connectivity index (χ0v) is 9.60. The molecular formula is C9H8BrN3S. The second-order valence-electron chi connectivity index (χ2n) is 2.70. The summed E-state index contributed by atoms with van der Waals surface area (Å²) in [5.41, 5.74) is 6.57. The Morgan fingerprint density at radius 3 is 2.57 bits per heavy atom. The highest BCUT2D eigenvalue weighted by molar-refractivity contribution is 9.10. The summed E-state index contributed by atoms with van der Waals surface area (Å²) in [5, 5.41) is 4.68. The van der Waals surface area contributed by atoms with Crippen molar-refractivity contribution in [2.45, 2.75) is 0 Å². The Morgan fingerprint density at radius 2 is 2.00 bits per heavy atom. The molecule has 14 heavy (non-hydrogen) atoms. The molecule has 0 aliphatic rings. The van der Waals surface area contributed by atoms with Gasteiger partial charge in [-0.05, 0) is 24.3 Å². The van der Waals surface area contributed by atoms with Crippen LogP contribution >= 0.6 is 27.3 Å². The fourth-order valence-electron chi connectivity index (χ4n) is 1.00. The van der Waals surface area contributed by atoms with Gasteiger partial charge in [-0.1, -0.05) is 27.3 Å². The maximum atomic E-state index is 5.56. The Labute approximate surface area is 94.1 Å². The molecule has 0 aliphatic heterocycles. The Bertz CT molecular complexity index is 424.